The van der Waals surface area contributed by atoms with Crippen LogP contribution in [0.5, 0.6) is 0 Å². The van der Waals surface area contributed by atoms with E-state index < -0.39 is 5.60 Å². The van der Waals surface area contributed by atoms with Crippen LogP contribution in [0.3, 0.4) is 0 Å². The minimum Gasteiger partial charge on any atom is -0.397 e. The first-order valence-corrected chi connectivity index (χ1v) is 6.69. The highest BCUT2D eigenvalue weighted by Gasteiger charge is 2.21. The molecule has 2 rings (SSSR count). The lowest BCUT2D eigenvalue weighted by Crippen LogP contribution is -2.35. The summed E-state index contributed by atoms with van der Waals surface area (Å²) in [6, 6.07) is 7.65. The van der Waals surface area contributed by atoms with Crippen LogP contribution in [0.15, 0.2) is 30.5 Å². The minimum atomic E-state index is -0.671. The monoisotopic (exact) mass is 259 g/mol. The summed E-state index contributed by atoms with van der Waals surface area (Å²) >= 11 is 0. The van der Waals surface area contributed by atoms with Crippen molar-refractivity contribution in [1.29, 1.82) is 0 Å². The van der Waals surface area contributed by atoms with E-state index in [2.05, 4.69) is 10.3 Å². The van der Waals surface area contributed by atoms with E-state index in [0.717, 1.165) is 29.4 Å². The molecule has 2 aromatic rings. The molecule has 0 fully saturated rings. The Labute approximate surface area is 113 Å². The number of nitrogen functional groups attached to an aromatic ring is 1. The maximum absolute atomic E-state index is 10.3. The van der Waals surface area contributed by atoms with E-state index in [-0.39, 0.29) is 0 Å². The Morgan fingerprint density at radius 3 is 2.68 bits per heavy atom. The number of fused-ring (bicyclic) bond motifs is 1. The second-order valence-electron chi connectivity index (χ2n) is 4.89. The molecular formula is C15H21N3O. The highest BCUT2D eigenvalue weighted by Crippen LogP contribution is 2.27. The Hall–Kier alpha value is -1.81. The molecule has 0 saturated heterocycles. The van der Waals surface area contributed by atoms with Gasteiger partial charge in [-0.05, 0) is 37.1 Å². The molecule has 0 radical (unpaired) electrons. The molecular weight excluding hydrogens is 238 g/mol. The van der Waals surface area contributed by atoms with Crippen LogP contribution in [0.1, 0.15) is 26.7 Å². The molecule has 0 saturated carbocycles. The largest absolute Gasteiger partial charge is 0.397 e. The van der Waals surface area contributed by atoms with Crippen LogP contribution in [0, 0.1) is 0 Å². The van der Waals surface area contributed by atoms with Gasteiger partial charge in [-0.15, -0.1) is 0 Å². The van der Waals surface area contributed by atoms with Crippen LogP contribution in [0.2, 0.25) is 0 Å². The van der Waals surface area contributed by atoms with Crippen molar-refractivity contribution in [2.24, 2.45) is 0 Å². The van der Waals surface area contributed by atoms with Crippen molar-refractivity contribution in [3.63, 3.8) is 0 Å². The molecule has 102 valence electrons. The van der Waals surface area contributed by atoms with Crippen LogP contribution in [-0.4, -0.2) is 22.2 Å². The number of benzene rings is 1. The quantitative estimate of drug-likeness (QED) is 0.722. The van der Waals surface area contributed by atoms with E-state index in [1.165, 1.54) is 0 Å². The van der Waals surface area contributed by atoms with E-state index in [1.54, 1.807) is 6.20 Å². The maximum Gasteiger partial charge on any atom is 0.0951 e. The predicted octanol–water partition coefficient (Wildman–Crippen LogP) is 2.78. The van der Waals surface area contributed by atoms with Crippen molar-refractivity contribution >= 4 is 22.3 Å². The number of aliphatic hydroxyl groups is 1. The van der Waals surface area contributed by atoms with Gasteiger partial charge in [-0.3, -0.25) is 4.98 Å². The second-order valence-corrected chi connectivity index (χ2v) is 4.89. The van der Waals surface area contributed by atoms with E-state index >= 15 is 0 Å². The van der Waals surface area contributed by atoms with Gasteiger partial charge >= 0.3 is 0 Å². The second kappa shape index (κ2) is 5.45. The molecule has 0 aliphatic carbocycles. The Morgan fingerprint density at radius 2 is 2.00 bits per heavy atom. The van der Waals surface area contributed by atoms with E-state index in [4.69, 9.17) is 5.73 Å². The number of rotatable bonds is 5. The summed E-state index contributed by atoms with van der Waals surface area (Å²) in [5.41, 5.74) is 7.67. The molecule has 0 bridgehead atoms. The SMILES string of the molecule is CCC(O)(CC)CNc1ccc(N)c2ncccc12. The molecule has 0 atom stereocenters. The van der Waals surface area contributed by atoms with Crippen LogP contribution in [0.25, 0.3) is 10.9 Å². The molecule has 1 heterocycles. The first-order valence-electron chi connectivity index (χ1n) is 6.69. The van der Waals surface area contributed by atoms with Crippen LogP contribution < -0.4 is 11.1 Å². The van der Waals surface area contributed by atoms with Gasteiger partial charge in [0.05, 0.1) is 16.8 Å². The topological polar surface area (TPSA) is 71.2 Å². The zero-order valence-electron chi connectivity index (χ0n) is 11.5. The molecule has 1 aromatic heterocycles. The first kappa shape index (κ1) is 13.6. The van der Waals surface area contributed by atoms with Crippen molar-refractivity contribution < 1.29 is 5.11 Å². The van der Waals surface area contributed by atoms with Gasteiger partial charge in [0.15, 0.2) is 0 Å². The molecule has 0 unspecified atom stereocenters. The molecule has 4 nitrogen and oxygen atoms in total. The zero-order valence-corrected chi connectivity index (χ0v) is 11.5. The molecule has 4 N–H and O–H groups in total. The molecule has 0 amide bonds. The lowest BCUT2D eigenvalue weighted by Gasteiger charge is -2.26. The fourth-order valence-electron chi connectivity index (χ4n) is 2.11. The van der Waals surface area contributed by atoms with Crippen molar-refractivity contribution in [2.45, 2.75) is 32.3 Å². The smallest absolute Gasteiger partial charge is 0.0951 e. The normalized spacial score (nSPS) is 11.7. The highest BCUT2D eigenvalue weighted by atomic mass is 16.3. The average molecular weight is 259 g/mol. The van der Waals surface area contributed by atoms with Gasteiger partial charge in [-0.2, -0.15) is 0 Å². The minimum absolute atomic E-state index is 0.522. The number of hydrogen-bond acceptors (Lipinski definition) is 4. The summed E-state index contributed by atoms with van der Waals surface area (Å²) < 4.78 is 0. The van der Waals surface area contributed by atoms with Crippen LogP contribution in [-0.2, 0) is 0 Å². The molecule has 0 spiro atoms. The van der Waals surface area contributed by atoms with E-state index in [9.17, 15) is 5.11 Å². The maximum atomic E-state index is 10.3. The number of nitrogens with one attached hydrogen (secondary N) is 1. The number of aromatic nitrogens is 1. The fourth-order valence-corrected chi connectivity index (χ4v) is 2.11. The van der Waals surface area contributed by atoms with Gasteiger partial charge in [0.2, 0.25) is 0 Å². The number of pyridine rings is 1. The van der Waals surface area contributed by atoms with Crippen molar-refractivity contribution in [3.8, 4) is 0 Å². The van der Waals surface area contributed by atoms with Gasteiger partial charge in [0.25, 0.3) is 0 Å². The third-order valence-electron chi connectivity index (χ3n) is 3.73. The highest BCUT2D eigenvalue weighted by molar-refractivity contribution is 5.98. The Bertz CT molecular complexity index is 564. The van der Waals surface area contributed by atoms with Gasteiger partial charge in [-0.1, -0.05) is 13.8 Å². The number of anilines is 2. The van der Waals surface area contributed by atoms with Gasteiger partial charge < -0.3 is 16.2 Å². The summed E-state index contributed by atoms with van der Waals surface area (Å²) in [5.74, 6) is 0. The molecule has 4 heteroatoms. The van der Waals surface area contributed by atoms with Gasteiger partial charge in [0, 0.05) is 23.8 Å². The summed E-state index contributed by atoms with van der Waals surface area (Å²) in [6.45, 7) is 4.51. The number of nitrogens with zero attached hydrogens (tertiary/aromatic N) is 1. The summed E-state index contributed by atoms with van der Waals surface area (Å²) in [4.78, 5) is 4.30. The van der Waals surface area contributed by atoms with Gasteiger partial charge in [0.1, 0.15) is 0 Å². The molecule has 0 aliphatic heterocycles. The molecule has 1 aromatic carbocycles. The first-order chi connectivity index (χ1) is 9.09. The van der Waals surface area contributed by atoms with Crippen LogP contribution in [0.4, 0.5) is 11.4 Å². The lowest BCUT2D eigenvalue weighted by atomic mass is 9.97. The number of nitrogens with two attached hydrogens (primary N) is 1. The summed E-state index contributed by atoms with van der Waals surface area (Å²) in [7, 11) is 0. The average Bonchev–Trinajstić information content (AvgIpc) is 2.46. The fraction of sp³-hybridized carbons (Fsp3) is 0.400. The molecule has 19 heavy (non-hydrogen) atoms. The van der Waals surface area contributed by atoms with Crippen molar-refractivity contribution in [2.75, 3.05) is 17.6 Å². The van der Waals surface area contributed by atoms with E-state index in [0.29, 0.717) is 12.2 Å². The predicted molar refractivity (Wildman–Crippen MR) is 80.2 cm³/mol. The Kier molecular flexibility index (Phi) is 3.90. The van der Waals surface area contributed by atoms with Crippen LogP contribution >= 0.6 is 0 Å². The Balaban J connectivity index is 2.29. The summed E-state index contributed by atoms with van der Waals surface area (Å²) in [5, 5.41) is 14.6. The standard InChI is InChI=1S/C15H21N3O/c1-3-15(19,4-2)10-18-13-8-7-12(16)14-11(13)6-5-9-17-14/h5-9,18-19H,3-4,10,16H2,1-2H3. The number of hydrogen-bond donors (Lipinski definition) is 3. The third-order valence-corrected chi connectivity index (χ3v) is 3.73. The molecule has 0 aliphatic rings. The lowest BCUT2D eigenvalue weighted by molar-refractivity contribution is 0.0457. The third kappa shape index (κ3) is 2.79. The van der Waals surface area contributed by atoms with E-state index in [1.807, 2.05) is 38.1 Å². The van der Waals surface area contributed by atoms with Gasteiger partial charge in [-0.25, -0.2) is 0 Å². The zero-order chi connectivity index (χ0) is 13.9. The van der Waals surface area contributed by atoms with Crippen molar-refractivity contribution in [1.82, 2.24) is 4.98 Å². The van der Waals surface area contributed by atoms with Crippen molar-refractivity contribution in [3.05, 3.63) is 30.5 Å². The summed E-state index contributed by atoms with van der Waals surface area (Å²) in [6.07, 6.45) is 3.18. The Morgan fingerprint density at radius 1 is 1.26 bits per heavy atom.